The number of rotatable bonds is 3. The highest BCUT2D eigenvalue weighted by atomic mass is 35.5. The Balaban J connectivity index is 2.62. The van der Waals surface area contributed by atoms with Crippen LogP contribution < -0.4 is 0 Å². The van der Waals surface area contributed by atoms with Crippen LogP contribution in [0.4, 0.5) is 0 Å². The van der Waals surface area contributed by atoms with Crippen molar-refractivity contribution in [2.45, 2.75) is 26.2 Å². The highest BCUT2D eigenvalue weighted by Crippen LogP contribution is 2.16. The number of hydrogen-bond acceptors (Lipinski definition) is 0. The fourth-order valence-electron chi connectivity index (χ4n) is 0.996. The van der Waals surface area contributed by atoms with E-state index in [0.29, 0.717) is 0 Å². The first kappa shape index (κ1) is 8.61. The summed E-state index contributed by atoms with van der Waals surface area (Å²) in [5, 5.41) is 0.848. The van der Waals surface area contributed by atoms with Crippen molar-refractivity contribution >= 4 is 11.6 Å². The van der Waals surface area contributed by atoms with E-state index < -0.39 is 0 Å². The Morgan fingerprint density at radius 3 is 3.00 bits per heavy atom. The Morgan fingerprint density at radius 1 is 1.55 bits per heavy atom. The molecule has 11 heavy (non-hydrogen) atoms. The molecule has 0 aliphatic heterocycles. The highest BCUT2D eigenvalue weighted by molar-refractivity contribution is 6.31. The summed E-state index contributed by atoms with van der Waals surface area (Å²) in [6.07, 6.45) is 3.45. The van der Waals surface area contributed by atoms with Crippen LogP contribution in [0.5, 0.6) is 0 Å². The molecule has 0 bridgehead atoms. The molecule has 1 rings (SSSR count). The van der Waals surface area contributed by atoms with Crippen LogP contribution in [-0.4, -0.2) is 0 Å². The maximum absolute atomic E-state index is 5.93. The summed E-state index contributed by atoms with van der Waals surface area (Å²) in [5.74, 6) is 0. The molecule has 59 valence electrons. The fraction of sp³-hybridized carbons (Fsp3) is 0.400. The summed E-state index contributed by atoms with van der Waals surface area (Å²) in [4.78, 5) is 0. The topological polar surface area (TPSA) is 0 Å². The lowest BCUT2D eigenvalue weighted by molar-refractivity contribution is 0.794. The number of benzene rings is 1. The van der Waals surface area contributed by atoms with Crippen LogP contribution in [0, 0.1) is 6.07 Å². The maximum atomic E-state index is 5.93. The molecule has 1 aromatic rings. The molecule has 0 amide bonds. The molecule has 0 saturated carbocycles. The Bertz CT molecular complexity index is 218. The van der Waals surface area contributed by atoms with Gasteiger partial charge in [-0.1, -0.05) is 37.1 Å². The highest BCUT2D eigenvalue weighted by Gasteiger charge is 1.96. The minimum Gasteiger partial charge on any atom is -0.0840 e. The van der Waals surface area contributed by atoms with E-state index >= 15 is 0 Å². The molecule has 1 heteroatoms. The summed E-state index contributed by atoms with van der Waals surface area (Å²) in [6.45, 7) is 2.18. The van der Waals surface area contributed by atoms with Crippen LogP contribution in [-0.2, 0) is 6.42 Å². The first-order chi connectivity index (χ1) is 5.34. The second kappa shape index (κ2) is 4.40. The first-order valence-electron chi connectivity index (χ1n) is 3.99. The third-order valence-corrected chi connectivity index (χ3v) is 2.02. The third kappa shape index (κ3) is 2.55. The van der Waals surface area contributed by atoms with E-state index in [0.717, 1.165) is 17.0 Å². The molecule has 0 aromatic heterocycles. The molecule has 0 nitrogen and oxygen atoms in total. The van der Waals surface area contributed by atoms with Gasteiger partial charge in [0.1, 0.15) is 0 Å². The van der Waals surface area contributed by atoms with Gasteiger partial charge in [-0.05, 0) is 30.5 Å². The Morgan fingerprint density at radius 2 is 2.36 bits per heavy atom. The Labute approximate surface area is 73.2 Å². The minimum atomic E-state index is 0.848. The van der Waals surface area contributed by atoms with E-state index in [4.69, 9.17) is 11.6 Å². The standard InChI is InChI=1S/C10H12Cl/c1-2-3-6-9-7-4-5-8-10(9)11/h4-5,8H,2-3,6H2,1H3. The quantitative estimate of drug-likeness (QED) is 0.647. The average Bonchev–Trinajstić information content (AvgIpc) is 2.03. The van der Waals surface area contributed by atoms with Gasteiger partial charge in [-0.3, -0.25) is 0 Å². The van der Waals surface area contributed by atoms with Gasteiger partial charge >= 0.3 is 0 Å². The smallest absolute Gasteiger partial charge is 0.0444 e. The zero-order valence-electron chi connectivity index (χ0n) is 6.73. The van der Waals surface area contributed by atoms with Crippen molar-refractivity contribution in [3.63, 3.8) is 0 Å². The zero-order chi connectivity index (χ0) is 8.10. The largest absolute Gasteiger partial charge is 0.0840 e. The molecule has 0 aliphatic carbocycles. The van der Waals surface area contributed by atoms with Crippen LogP contribution in [0.1, 0.15) is 25.3 Å². The molecule has 0 saturated heterocycles. The SMILES string of the molecule is CCCCc1[c]cccc1Cl. The second-order valence-electron chi connectivity index (χ2n) is 2.60. The number of hydrogen-bond donors (Lipinski definition) is 0. The predicted octanol–water partition coefficient (Wildman–Crippen LogP) is 3.48. The lowest BCUT2D eigenvalue weighted by Crippen LogP contribution is -1.85. The van der Waals surface area contributed by atoms with E-state index in [9.17, 15) is 0 Å². The van der Waals surface area contributed by atoms with Gasteiger partial charge in [-0.2, -0.15) is 0 Å². The van der Waals surface area contributed by atoms with Crippen LogP contribution in [0.25, 0.3) is 0 Å². The molecule has 0 N–H and O–H groups in total. The maximum Gasteiger partial charge on any atom is 0.0444 e. The van der Waals surface area contributed by atoms with Gasteiger partial charge in [0.2, 0.25) is 0 Å². The summed E-state index contributed by atoms with van der Waals surface area (Å²) in [6, 6.07) is 8.89. The van der Waals surface area contributed by atoms with E-state index in [1.807, 2.05) is 18.2 Å². The van der Waals surface area contributed by atoms with Gasteiger partial charge in [0, 0.05) is 5.02 Å². The summed E-state index contributed by atoms with van der Waals surface area (Å²) >= 11 is 5.93. The molecule has 0 fully saturated rings. The predicted molar refractivity (Wildman–Crippen MR) is 48.9 cm³/mol. The van der Waals surface area contributed by atoms with Crippen molar-refractivity contribution in [3.8, 4) is 0 Å². The summed E-state index contributed by atoms with van der Waals surface area (Å²) < 4.78 is 0. The van der Waals surface area contributed by atoms with Gasteiger partial charge in [0.05, 0.1) is 0 Å². The first-order valence-corrected chi connectivity index (χ1v) is 4.37. The van der Waals surface area contributed by atoms with Crippen molar-refractivity contribution < 1.29 is 0 Å². The fourth-order valence-corrected chi connectivity index (χ4v) is 1.22. The molecule has 0 unspecified atom stereocenters. The molecule has 0 aliphatic rings. The van der Waals surface area contributed by atoms with Gasteiger partial charge in [0.15, 0.2) is 0 Å². The minimum absolute atomic E-state index is 0.848. The summed E-state index contributed by atoms with van der Waals surface area (Å²) in [5.41, 5.74) is 1.15. The van der Waals surface area contributed by atoms with Crippen molar-refractivity contribution in [3.05, 3.63) is 34.9 Å². The number of halogens is 1. The van der Waals surface area contributed by atoms with Gasteiger partial charge in [-0.25, -0.2) is 0 Å². The van der Waals surface area contributed by atoms with E-state index in [2.05, 4.69) is 13.0 Å². The van der Waals surface area contributed by atoms with E-state index in [1.165, 1.54) is 12.8 Å². The van der Waals surface area contributed by atoms with E-state index in [1.54, 1.807) is 0 Å². The Hall–Kier alpha value is -0.490. The molecule has 0 spiro atoms. The lowest BCUT2D eigenvalue weighted by atomic mass is 10.1. The average molecular weight is 168 g/mol. The van der Waals surface area contributed by atoms with Crippen LogP contribution in [0.15, 0.2) is 18.2 Å². The monoisotopic (exact) mass is 167 g/mol. The van der Waals surface area contributed by atoms with Crippen LogP contribution >= 0.6 is 11.6 Å². The number of unbranched alkanes of at least 4 members (excludes halogenated alkanes) is 1. The van der Waals surface area contributed by atoms with Crippen molar-refractivity contribution in [2.75, 3.05) is 0 Å². The Kier molecular flexibility index (Phi) is 3.44. The second-order valence-corrected chi connectivity index (χ2v) is 3.01. The normalized spacial score (nSPS) is 10.0. The molecule has 0 heterocycles. The van der Waals surface area contributed by atoms with Crippen LogP contribution in [0.2, 0.25) is 5.02 Å². The van der Waals surface area contributed by atoms with Crippen molar-refractivity contribution in [1.29, 1.82) is 0 Å². The van der Waals surface area contributed by atoms with Crippen LogP contribution in [0.3, 0.4) is 0 Å². The number of aryl methyl sites for hydroxylation is 1. The third-order valence-electron chi connectivity index (χ3n) is 1.66. The summed E-state index contributed by atoms with van der Waals surface area (Å²) in [7, 11) is 0. The molecule has 1 aromatic carbocycles. The lowest BCUT2D eigenvalue weighted by Gasteiger charge is -2.00. The molecule has 1 radical (unpaired) electrons. The van der Waals surface area contributed by atoms with Gasteiger partial charge < -0.3 is 0 Å². The van der Waals surface area contributed by atoms with E-state index in [-0.39, 0.29) is 0 Å². The van der Waals surface area contributed by atoms with Gasteiger partial charge in [-0.15, -0.1) is 0 Å². The zero-order valence-corrected chi connectivity index (χ0v) is 7.49. The molecule has 0 atom stereocenters. The molecular formula is C10H12Cl. The van der Waals surface area contributed by atoms with Crippen molar-refractivity contribution in [2.24, 2.45) is 0 Å². The van der Waals surface area contributed by atoms with Gasteiger partial charge in [0.25, 0.3) is 0 Å². The molecular weight excluding hydrogens is 156 g/mol. The van der Waals surface area contributed by atoms with Crippen molar-refractivity contribution in [1.82, 2.24) is 0 Å².